The first-order valence-corrected chi connectivity index (χ1v) is 6.61. The Kier molecular flexibility index (Phi) is 3.68. The van der Waals surface area contributed by atoms with E-state index in [0.717, 1.165) is 19.3 Å². The largest absolute Gasteiger partial charge is 0.380 e. The second kappa shape index (κ2) is 4.84. The zero-order valence-corrected chi connectivity index (χ0v) is 10.3. The molecular weight excluding hydrogens is 186 g/mol. The van der Waals surface area contributed by atoms with Gasteiger partial charge in [-0.3, -0.25) is 0 Å². The summed E-state index contributed by atoms with van der Waals surface area (Å²) in [6.45, 7) is 9.31. The minimum Gasteiger partial charge on any atom is -0.380 e. The van der Waals surface area contributed by atoms with Crippen molar-refractivity contribution in [3.63, 3.8) is 0 Å². The Labute approximate surface area is 94.0 Å². The van der Waals surface area contributed by atoms with Gasteiger partial charge >= 0.3 is 0 Å². The predicted molar refractivity (Wildman–Crippen MR) is 63.0 cm³/mol. The van der Waals surface area contributed by atoms with Crippen LogP contribution in [-0.2, 0) is 4.74 Å². The standard InChI is InChI=1S/C13H25NO/c1-3-5-12(4-2)14-8-6-13(7-9-14)10-15-11-13/h12H,3-11H2,1-2H3. The average Bonchev–Trinajstić information content (AvgIpc) is 2.24. The molecule has 1 atom stereocenters. The fraction of sp³-hybridized carbons (Fsp3) is 1.00. The number of hydrogen-bond acceptors (Lipinski definition) is 2. The summed E-state index contributed by atoms with van der Waals surface area (Å²) in [5.41, 5.74) is 0.598. The smallest absolute Gasteiger partial charge is 0.0545 e. The molecule has 2 heteroatoms. The number of rotatable bonds is 4. The van der Waals surface area contributed by atoms with Gasteiger partial charge in [0.25, 0.3) is 0 Å². The molecular formula is C13H25NO. The van der Waals surface area contributed by atoms with Crippen LogP contribution in [-0.4, -0.2) is 37.2 Å². The molecule has 0 radical (unpaired) electrons. The SMILES string of the molecule is CCCC(CC)N1CCC2(CC1)COC2. The Balaban J connectivity index is 1.80. The molecule has 2 saturated heterocycles. The maximum absolute atomic E-state index is 5.37. The monoisotopic (exact) mass is 211 g/mol. The van der Waals surface area contributed by atoms with Crippen LogP contribution < -0.4 is 0 Å². The number of likely N-dealkylation sites (tertiary alicyclic amines) is 1. The molecule has 2 heterocycles. The van der Waals surface area contributed by atoms with Gasteiger partial charge in [-0.2, -0.15) is 0 Å². The third-order valence-corrected chi connectivity index (χ3v) is 4.28. The Morgan fingerprint density at radius 3 is 2.27 bits per heavy atom. The van der Waals surface area contributed by atoms with Crippen LogP contribution in [0.15, 0.2) is 0 Å². The maximum atomic E-state index is 5.37. The van der Waals surface area contributed by atoms with E-state index in [4.69, 9.17) is 4.74 Å². The lowest BCUT2D eigenvalue weighted by Gasteiger charge is -2.49. The molecule has 0 aromatic rings. The molecule has 0 saturated carbocycles. The van der Waals surface area contributed by atoms with Crippen molar-refractivity contribution in [3.05, 3.63) is 0 Å². The number of ether oxygens (including phenoxy) is 1. The molecule has 1 spiro atoms. The zero-order chi connectivity index (χ0) is 10.7. The summed E-state index contributed by atoms with van der Waals surface area (Å²) < 4.78 is 5.37. The summed E-state index contributed by atoms with van der Waals surface area (Å²) in [6, 6.07) is 0.841. The van der Waals surface area contributed by atoms with E-state index in [0.29, 0.717) is 5.41 Å². The van der Waals surface area contributed by atoms with Crippen molar-refractivity contribution in [1.29, 1.82) is 0 Å². The molecule has 0 aromatic heterocycles. The van der Waals surface area contributed by atoms with Crippen molar-refractivity contribution in [2.45, 2.75) is 52.0 Å². The fourth-order valence-electron chi connectivity index (χ4n) is 3.02. The average molecular weight is 211 g/mol. The van der Waals surface area contributed by atoms with Gasteiger partial charge in [-0.15, -0.1) is 0 Å². The highest BCUT2D eigenvalue weighted by molar-refractivity contribution is 4.92. The first-order valence-electron chi connectivity index (χ1n) is 6.61. The Morgan fingerprint density at radius 1 is 1.20 bits per heavy atom. The second-order valence-electron chi connectivity index (χ2n) is 5.38. The van der Waals surface area contributed by atoms with E-state index < -0.39 is 0 Å². The highest BCUT2D eigenvalue weighted by Gasteiger charge is 2.41. The summed E-state index contributed by atoms with van der Waals surface area (Å²) in [4.78, 5) is 2.72. The quantitative estimate of drug-likeness (QED) is 0.709. The van der Waals surface area contributed by atoms with Crippen LogP contribution in [0.5, 0.6) is 0 Å². The molecule has 0 bridgehead atoms. The summed E-state index contributed by atoms with van der Waals surface area (Å²) in [5, 5.41) is 0. The van der Waals surface area contributed by atoms with Crippen LogP contribution >= 0.6 is 0 Å². The van der Waals surface area contributed by atoms with Crippen LogP contribution in [0, 0.1) is 5.41 Å². The second-order valence-corrected chi connectivity index (χ2v) is 5.38. The van der Waals surface area contributed by atoms with Gasteiger partial charge in [-0.1, -0.05) is 20.3 Å². The van der Waals surface area contributed by atoms with E-state index >= 15 is 0 Å². The third kappa shape index (κ3) is 2.36. The number of piperidine rings is 1. The zero-order valence-electron chi connectivity index (χ0n) is 10.3. The minimum atomic E-state index is 0.598. The lowest BCUT2D eigenvalue weighted by molar-refractivity contribution is -0.142. The van der Waals surface area contributed by atoms with Gasteiger partial charge in [0.1, 0.15) is 0 Å². The van der Waals surface area contributed by atoms with Gasteiger partial charge in [0, 0.05) is 11.5 Å². The maximum Gasteiger partial charge on any atom is 0.0545 e. The molecule has 2 aliphatic heterocycles. The van der Waals surface area contributed by atoms with Crippen molar-refractivity contribution in [2.75, 3.05) is 26.3 Å². The van der Waals surface area contributed by atoms with Gasteiger partial charge in [0.05, 0.1) is 13.2 Å². The third-order valence-electron chi connectivity index (χ3n) is 4.28. The van der Waals surface area contributed by atoms with Crippen LogP contribution in [0.25, 0.3) is 0 Å². The molecule has 0 amide bonds. The highest BCUT2D eigenvalue weighted by Crippen LogP contribution is 2.39. The number of nitrogens with zero attached hydrogens (tertiary/aromatic N) is 1. The predicted octanol–water partition coefficient (Wildman–Crippen LogP) is 2.68. The van der Waals surface area contributed by atoms with E-state index in [-0.39, 0.29) is 0 Å². The van der Waals surface area contributed by atoms with E-state index in [1.165, 1.54) is 45.2 Å². The topological polar surface area (TPSA) is 12.5 Å². The summed E-state index contributed by atoms with van der Waals surface area (Å²) in [5.74, 6) is 0. The van der Waals surface area contributed by atoms with Gasteiger partial charge < -0.3 is 9.64 Å². The lowest BCUT2D eigenvalue weighted by Crippen LogP contribution is -2.52. The van der Waals surface area contributed by atoms with E-state index in [9.17, 15) is 0 Å². The van der Waals surface area contributed by atoms with Crippen molar-refractivity contribution in [2.24, 2.45) is 5.41 Å². The molecule has 2 aliphatic rings. The Hall–Kier alpha value is -0.0800. The Bertz CT molecular complexity index is 191. The van der Waals surface area contributed by atoms with Crippen molar-refractivity contribution < 1.29 is 4.74 Å². The molecule has 15 heavy (non-hydrogen) atoms. The molecule has 0 N–H and O–H groups in total. The summed E-state index contributed by atoms with van der Waals surface area (Å²) >= 11 is 0. The van der Waals surface area contributed by atoms with Gasteiger partial charge in [-0.25, -0.2) is 0 Å². The van der Waals surface area contributed by atoms with E-state index in [2.05, 4.69) is 18.7 Å². The first kappa shape index (κ1) is 11.4. The molecule has 88 valence electrons. The fourth-order valence-corrected chi connectivity index (χ4v) is 3.02. The molecule has 0 aromatic carbocycles. The lowest BCUT2D eigenvalue weighted by atomic mass is 9.76. The Morgan fingerprint density at radius 2 is 1.87 bits per heavy atom. The molecule has 2 rings (SSSR count). The minimum absolute atomic E-state index is 0.598. The van der Waals surface area contributed by atoms with Crippen molar-refractivity contribution >= 4 is 0 Å². The van der Waals surface area contributed by atoms with Crippen LogP contribution in [0.2, 0.25) is 0 Å². The normalized spacial score (nSPS) is 27.6. The van der Waals surface area contributed by atoms with Crippen molar-refractivity contribution in [1.82, 2.24) is 4.90 Å². The van der Waals surface area contributed by atoms with Gasteiger partial charge in [0.15, 0.2) is 0 Å². The molecule has 2 nitrogen and oxygen atoms in total. The summed E-state index contributed by atoms with van der Waals surface area (Å²) in [6.07, 6.45) is 6.75. The first-order chi connectivity index (χ1) is 7.29. The molecule has 2 fully saturated rings. The van der Waals surface area contributed by atoms with E-state index in [1.807, 2.05) is 0 Å². The summed E-state index contributed by atoms with van der Waals surface area (Å²) in [7, 11) is 0. The van der Waals surface area contributed by atoms with Crippen LogP contribution in [0.4, 0.5) is 0 Å². The number of hydrogen-bond donors (Lipinski definition) is 0. The van der Waals surface area contributed by atoms with Crippen LogP contribution in [0.3, 0.4) is 0 Å². The van der Waals surface area contributed by atoms with Crippen LogP contribution in [0.1, 0.15) is 46.0 Å². The van der Waals surface area contributed by atoms with Gasteiger partial charge in [-0.05, 0) is 38.8 Å². The molecule has 1 unspecified atom stereocenters. The van der Waals surface area contributed by atoms with Crippen molar-refractivity contribution in [3.8, 4) is 0 Å². The van der Waals surface area contributed by atoms with Gasteiger partial charge in [0.2, 0.25) is 0 Å². The molecule has 0 aliphatic carbocycles. The highest BCUT2D eigenvalue weighted by atomic mass is 16.5. The van der Waals surface area contributed by atoms with E-state index in [1.54, 1.807) is 0 Å².